The zero-order valence-corrected chi connectivity index (χ0v) is 12.4. The molecular weight excluding hydrogens is 276 g/mol. The quantitative estimate of drug-likeness (QED) is 0.907. The second-order valence-electron chi connectivity index (χ2n) is 5.45. The van der Waals surface area contributed by atoms with Gasteiger partial charge in [-0.2, -0.15) is 17.8 Å². The molecule has 1 aliphatic rings. The Morgan fingerprint density at radius 3 is 2.95 bits per heavy atom. The average molecular weight is 294 g/mol. The number of aryl methyl sites for hydroxylation is 1. The van der Waals surface area contributed by atoms with Gasteiger partial charge in [-0.15, -0.1) is 0 Å². The van der Waals surface area contributed by atoms with Crippen molar-refractivity contribution in [3.8, 4) is 0 Å². The van der Waals surface area contributed by atoms with Crippen LogP contribution in [0.1, 0.15) is 18.9 Å². The Morgan fingerprint density at radius 1 is 1.45 bits per heavy atom. The van der Waals surface area contributed by atoms with E-state index in [1.54, 1.807) is 12.3 Å². The molecule has 2 aromatic rings. The lowest BCUT2D eigenvalue weighted by Crippen LogP contribution is -2.34. The van der Waals surface area contributed by atoms with Crippen molar-refractivity contribution in [1.29, 1.82) is 0 Å². The van der Waals surface area contributed by atoms with Crippen molar-refractivity contribution in [2.75, 3.05) is 17.8 Å². The maximum Gasteiger partial charge on any atom is 0.301 e. The number of hydrogen-bond donors (Lipinski definition) is 2. The minimum atomic E-state index is -3.49. The van der Waals surface area contributed by atoms with Gasteiger partial charge in [-0.05, 0) is 30.9 Å². The molecule has 2 N–H and O–H groups in total. The third kappa shape index (κ3) is 2.27. The molecule has 0 saturated carbocycles. The predicted molar refractivity (Wildman–Crippen MR) is 78.7 cm³/mol. The van der Waals surface area contributed by atoms with Crippen LogP contribution < -0.4 is 4.72 Å². The molecule has 20 heavy (non-hydrogen) atoms. The first-order valence-corrected chi connectivity index (χ1v) is 8.12. The zero-order valence-electron chi connectivity index (χ0n) is 11.5. The molecule has 1 aliphatic heterocycles. The molecular formula is C13H18N4O2S. The third-order valence-corrected chi connectivity index (χ3v) is 5.29. The predicted octanol–water partition coefficient (Wildman–Crippen LogP) is 1.87. The second-order valence-corrected chi connectivity index (χ2v) is 7.12. The lowest BCUT2D eigenvalue weighted by atomic mass is 10.1. The minimum absolute atomic E-state index is 0.414. The summed E-state index contributed by atoms with van der Waals surface area (Å²) in [7, 11) is -3.49. The molecule has 1 saturated heterocycles. The Morgan fingerprint density at radius 2 is 2.25 bits per heavy atom. The fourth-order valence-corrected chi connectivity index (χ4v) is 3.95. The molecule has 1 aromatic heterocycles. The van der Waals surface area contributed by atoms with Crippen molar-refractivity contribution in [2.24, 2.45) is 5.92 Å². The first-order chi connectivity index (χ1) is 9.47. The molecule has 108 valence electrons. The number of nitrogens with zero attached hydrogens (tertiary/aromatic N) is 2. The summed E-state index contributed by atoms with van der Waals surface area (Å²) in [6, 6.07) is 3.66. The van der Waals surface area contributed by atoms with Crippen LogP contribution in [0.4, 0.5) is 5.69 Å². The highest BCUT2D eigenvalue weighted by molar-refractivity contribution is 7.90. The smallest absolute Gasteiger partial charge is 0.276 e. The largest absolute Gasteiger partial charge is 0.301 e. The van der Waals surface area contributed by atoms with Crippen LogP contribution in [0.5, 0.6) is 0 Å². The standard InChI is InChI=1S/C13H18N4O2S/c1-9-5-6-17(8-9)20(18,19)16-12-4-3-10(2)11-7-14-15-13(11)12/h3-4,7,9,16H,5-6,8H2,1-2H3,(H,14,15). The molecule has 0 bridgehead atoms. The van der Waals surface area contributed by atoms with Crippen molar-refractivity contribution >= 4 is 26.8 Å². The van der Waals surface area contributed by atoms with E-state index in [-0.39, 0.29) is 0 Å². The monoisotopic (exact) mass is 294 g/mol. The highest BCUT2D eigenvalue weighted by Gasteiger charge is 2.29. The maximum atomic E-state index is 12.4. The molecule has 1 atom stereocenters. The van der Waals surface area contributed by atoms with Gasteiger partial charge in [0.1, 0.15) is 0 Å². The van der Waals surface area contributed by atoms with E-state index in [2.05, 4.69) is 21.8 Å². The van der Waals surface area contributed by atoms with Gasteiger partial charge in [0.05, 0.1) is 17.4 Å². The van der Waals surface area contributed by atoms with E-state index < -0.39 is 10.2 Å². The summed E-state index contributed by atoms with van der Waals surface area (Å²) in [5, 5.41) is 7.77. The summed E-state index contributed by atoms with van der Waals surface area (Å²) in [4.78, 5) is 0. The number of fused-ring (bicyclic) bond motifs is 1. The van der Waals surface area contributed by atoms with E-state index in [0.29, 0.717) is 24.7 Å². The summed E-state index contributed by atoms with van der Waals surface area (Å²) in [5.41, 5.74) is 2.33. The van der Waals surface area contributed by atoms with Crippen LogP contribution >= 0.6 is 0 Å². The third-order valence-electron chi connectivity index (χ3n) is 3.80. The van der Waals surface area contributed by atoms with Crippen molar-refractivity contribution in [3.05, 3.63) is 23.9 Å². The van der Waals surface area contributed by atoms with Crippen LogP contribution in [-0.4, -0.2) is 36.0 Å². The Labute approximate surface area is 118 Å². The van der Waals surface area contributed by atoms with Gasteiger partial charge in [0, 0.05) is 18.5 Å². The summed E-state index contributed by atoms with van der Waals surface area (Å²) in [6.45, 7) is 5.19. The van der Waals surface area contributed by atoms with Gasteiger partial charge in [-0.3, -0.25) is 9.82 Å². The van der Waals surface area contributed by atoms with E-state index in [4.69, 9.17) is 0 Å². The van der Waals surface area contributed by atoms with Crippen molar-refractivity contribution in [1.82, 2.24) is 14.5 Å². The van der Waals surface area contributed by atoms with Gasteiger partial charge in [0.2, 0.25) is 0 Å². The number of H-pyrrole nitrogens is 1. The number of nitrogens with one attached hydrogen (secondary N) is 2. The lowest BCUT2D eigenvalue weighted by molar-refractivity contribution is 0.469. The number of benzene rings is 1. The van der Waals surface area contributed by atoms with Crippen LogP contribution in [-0.2, 0) is 10.2 Å². The normalized spacial score (nSPS) is 20.6. The van der Waals surface area contributed by atoms with E-state index >= 15 is 0 Å². The van der Waals surface area contributed by atoms with E-state index in [1.165, 1.54) is 4.31 Å². The van der Waals surface area contributed by atoms with Crippen molar-refractivity contribution in [3.63, 3.8) is 0 Å². The first kappa shape index (κ1) is 13.4. The minimum Gasteiger partial charge on any atom is -0.276 e. The Hall–Kier alpha value is -1.60. The van der Waals surface area contributed by atoms with Crippen molar-refractivity contribution in [2.45, 2.75) is 20.3 Å². The summed E-state index contributed by atoms with van der Waals surface area (Å²) < 4.78 is 28.9. The van der Waals surface area contributed by atoms with Crippen LogP contribution in [0.2, 0.25) is 0 Å². The van der Waals surface area contributed by atoms with E-state index in [0.717, 1.165) is 22.9 Å². The van der Waals surface area contributed by atoms with Crippen LogP contribution in [0.15, 0.2) is 18.3 Å². The topological polar surface area (TPSA) is 78.1 Å². The highest BCUT2D eigenvalue weighted by atomic mass is 32.2. The lowest BCUT2D eigenvalue weighted by Gasteiger charge is -2.17. The summed E-state index contributed by atoms with van der Waals surface area (Å²) >= 11 is 0. The van der Waals surface area contributed by atoms with Gasteiger partial charge >= 0.3 is 10.2 Å². The molecule has 1 fully saturated rings. The van der Waals surface area contributed by atoms with Gasteiger partial charge < -0.3 is 0 Å². The number of aromatic amines is 1. The molecule has 6 nitrogen and oxygen atoms in total. The van der Waals surface area contributed by atoms with Gasteiger partial charge in [-0.25, -0.2) is 0 Å². The average Bonchev–Trinajstić information content (AvgIpc) is 3.01. The Kier molecular flexibility index (Phi) is 3.18. The Bertz CT molecular complexity index is 738. The van der Waals surface area contributed by atoms with Crippen LogP contribution in [0, 0.1) is 12.8 Å². The molecule has 0 spiro atoms. The molecule has 3 rings (SSSR count). The van der Waals surface area contributed by atoms with Gasteiger partial charge in [0.15, 0.2) is 0 Å². The van der Waals surface area contributed by atoms with Crippen LogP contribution in [0.25, 0.3) is 10.9 Å². The summed E-state index contributed by atoms with van der Waals surface area (Å²) in [6.07, 6.45) is 2.62. The highest BCUT2D eigenvalue weighted by Crippen LogP contribution is 2.26. The maximum absolute atomic E-state index is 12.4. The van der Waals surface area contributed by atoms with Gasteiger partial charge in [0.25, 0.3) is 0 Å². The van der Waals surface area contributed by atoms with Crippen LogP contribution in [0.3, 0.4) is 0 Å². The second kappa shape index (κ2) is 4.75. The molecule has 1 unspecified atom stereocenters. The molecule has 0 radical (unpaired) electrons. The number of rotatable bonds is 3. The fourth-order valence-electron chi connectivity index (χ4n) is 2.57. The first-order valence-electron chi connectivity index (χ1n) is 6.68. The fraction of sp³-hybridized carbons (Fsp3) is 0.462. The number of aromatic nitrogens is 2. The van der Waals surface area contributed by atoms with E-state index in [9.17, 15) is 8.42 Å². The molecule has 7 heteroatoms. The SMILES string of the molecule is Cc1ccc(NS(=O)(=O)N2CCC(C)C2)c2[nH]ncc12. The van der Waals surface area contributed by atoms with Crippen molar-refractivity contribution < 1.29 is 8.42 Å². The number of anilines is 1. The number of hydrogen-bond acceptors (Lipinski definition) is 3. The summed E-state index contributed by atoms with van der Waals surface area (Å²) in [5.74, 6) is 0.414. The zero-order chi connectivity index (χ0) is 14.3. The molecule has 2 heterocycles. The van der Waals surface area contributed by atoms with Gasteiger partial charge in [-0.1, -0.05) is 13.0 Å². The Balaban J connectivity index is 1.93. The molecule has 0 aliphatic carbocycles. The van der Waals surface area contributed by atoms with E-state index in [1.807, 2.05) is 13.0 Å². The molecule has 0 amide bonds. The molecule has 1 aromatic carbocycles.